The lowest BCUT2D eigenvalue weighted by Gasteiger charge is -2.31. The van der Waals surface area contributed by atoms with Gasteiger partial charge in [0.05, 0.1) is 6.54 Å². The highest BCUT2D eigenvalue weighted by Gasteiger charge is 2.27. The third kappa shape index (κ3) is 5.36. The molecule has 1 aliphatic rings. The number of piperidine rings is 1. The van der Waals surface area contributed by atoms with Crippen LogP contribution in [0, 0.1) is 11.7 Å². The number of hydrogen-bond acceptors (Lipinski definition) is 3. The average molecular weight is 420 g/mol. The average Bonchev–Trinajstić information content (AvgIpc) is 3.32. The van der Waals surface area contributed by atoms with Gasteiger partial charge >= 0.3 is 0 Å². The maximum absolute atomic E-state index is 13.1. The van der Waals surface area contributed by atoms with Crippen molar-refractivity contribution in [2.75, 3.05) is 13.1 Å². The van der Waals surface area contributed by atoms with Gasteiger partial charge in [-0.25, -0.2) is 4.39 Å². The minimum absolute atomic E-state index is 0.0227. The van der Waals surface area contributed by atoms with Crippen LogP contribution in [0.5, 0.6) is 0 Å². The van der Waals surface area contributed by atoms with Crippen molar-refractivity contribution in [3.05, 3.63) is 89.5 Å². The summed E-state index contributed by atoms with van der Waals surface area (Å²) in [7, 11) is 0. The number of likely N-dealkylation sites (tertiary alicyclic amines) is 1. The van der Waals surface area contributed by atoms with Crippen LogP contribution in [-0.2, 0) is 17.9 Å². The van der Waals surface area contributed by atoms with E-state index < -0.39 is 0 Å². The fourth-order valence-corrected chi connectivity index (χ4v) is 3.80. The minimum Gasteiger partial charge on any atom is -0.352 e. The summed E-state index contributed by atoms with van der Waals surface area (Å²) in [5, 5.41) is 7.22. The first-order valence-electron chi connectivity index (χ1n) is 10.5. The number of halogens is 1. The Balaban J connectivity index is 1.23. The molecule has 0 atom stereocenters. The molecular weight excluding hydrogens is 395 g/mol. The van der Waals surface area contributed by atoms with Crippen LogP contribution < -0.4 is 5.32 Å². The second-order valence-corrected chi connectivity index (χ2v) is 7.81. The molecule has 31 heavy (non-hydrogen) atoms. The smallest absolute Gasteiger partial charge is 0.253 e. The molecule has 0 bridgehead atoms. The second kappa shape index (κ2) is 9.55. The van der Waals surface area contributed by atoms with Crippen molar-refractivity contribution in [3.8, 4) is 0 Å². The van der Waals surface area contributed by atoms with Gasteiger partial charge in [-0.2, -0.15) is 5.10 Å². The molecule has 1 saturated heterocycles. The Labute approximate surface area is 180 Å². The molecule has 2 amide bonds. The van der Waals surface area contributed by atoms with E-state index in [2.05, 4.69) is 10.4 Å². The van der Waals surface area contributed by atoms with E-state index in [4.69, 9.17) is 0 Å². The van der Waals surface area contributed by atoms with Crippen LogP contribution in [0.3, 0.4) is 0 Å². The lowest BCUT2D eigenvalue weighted by atomic mass is 9.95. The van der Waals surface area contributed by atoms with E-state index in [1.165, 1.54) is 24.3 Å². The summed E-state index contributed by atoms with van der Waals surface area (Å²) in [6.07, 6.45) is 4.93. The number of carbonyl (C=O) groups excluding carboxylic acids is 2. The van der Waals surface area contributed by atoms with Crippen LogP contribution in [0.15, 0.2) is 67.0 Å². The maximum atomic E-state index is 13.1. The molecule has 2 aromatic carbocycles. The number of hydrogen-bond donors (Lipinski definition) is 1. The highest BCUT2D eigenvalue weighted by Crippen LogP contribution is 2.20. The van der Waals surface area contributed by atoms with Gasteiger partial charge in [0.25, 0.3) is 5.91 Å². The summed E-state index contributed by atoms with van der Waals surface area (Å²) >= 11 is 0. The molecule has 0 spiro atoms. The van der Waals surface area contributed by atoms with Crippen LogP contribution in [0.1, 0.15) is 34.3 Å². The second-order valence-electron chi connectivity index (χ2n) is 7.81. The van der Waals surface area contributed by atoms with E-state index in [0.29, 0.717) is 38.0 Å². The zero-order valence-electron chi connectivity index (χ0n) is 17.2. The van der Waals surface area contributed by atoms with Gasteiger partial charge in [0.2, 0.25) is 5.91 Å². The van der Waals surface area contributed by atoms with Crippen molar-refractivity contribution in [2.24, 2.45) is 5.92 Å². The monoisotopic (exact) mass is 420 g/mol. The van der Waals surface area contributed by atoms with Gasteiger partial charge in [-0.3, -0.25) is 14.3 Å². The number of rotatable bonds is 6. The number of nitrogens with one attached hydrogen (secondary N) is 1. The van der Waals surface area contributed by atoms with Gasteiger partial charge in [-0.05, 0) is 54.3 Å². The van der Waals surface area contributed by atoms with E-state index in [-0.39, 0.29) is 23.5 Å². The van der Waals surface area contributed by atoms with E-state index in [1.807, 2.05) is 41.2 Å². The molecule has 3 aromatic rings. The first-order valence-corrected chi connectivity index (χ1v) is 10.5. The fraction of sp³-hybridized carbons (Fsp3) is 0.292. The van der Waals surface area contributed by atoms with Gasteiger partial charge in [-0.15, -0.1) is 0 Å². The predicted molar refractivity (Wildman–Crippen MR) is 115 cm³/mol. The number of carbonyl (C=O) groups is 2. The van der Waals surface area contributed by atoms with Gasteiger partial charge < -0.3 is 10.2 Å². The molecule has 1 N–H and O–H groups in total. The zero-order valence-corrected chi connectivity index (χ0v) is 17.2. The number of amides is 2. The molecule has 1 fully saturated rings. The van der Waals surface area contributed by atoms with E-state index in [0.717, 1.165) is 17.7 Å². The molecule has 1 aromatic heterocycles. The fourth-order valence-electron chi connectivity index (χ4n) is 3.80. The molecule has 0 unspecified atom stereocenters. The van der Waals surface area contributed by atoms with Crippen LogP contribution >= 0.6 is 0 Å². The minimum atomic E-state index is -0.362. The highest BCUT2D eigenvalue weighted by molar-refractivity contribution is 5.94. The summed E-state index contributed by atoms with van der Waals surface area (Å²) in [6.45, 7) is 2.25. The van der Waals surface area contributed by atoms with Gasteiger partial charge in [0.15, 0.2) is 0 Å². The number of nitrogens with zero attached hydrogens (tertiary/aromatic N) is 3. The van der Waals surface area contributed by atoms with Crippen LogP contribution in [0.25, 0.3) is 0 Å². The lowest BCUT2D eigenvalue weighted by Crippen LogP contribution is -2.42. The number of benzene rings is 2. The Hall–Kier alpha value is -3.48. The molecule has 1 aliphatic heterocycles. The molecule has 6 nitrogen and oxygen atoms in total. The quantitative estimate of drug-likeness (QED) is 0.666. The standard InChI is InChI=1S/C24H25FN4O2/c25-22-8-6-21(7-9-22)24(31)28-14-10-20(11-15-28)23(30)26-16-18-2-4-19(5-3-18)17-29-13-1-12-27-29/h1-9,12-13,20H,10-11,14-17H2,(H,26,30). The maximum Gasteiger partial charge on any atom is 0.253 e. The Morgan fingerprint density at radius 1 is 1.00 bits per heavy atom. The topological polar surface area (TPSA) is 67.2 Å². The Kier molecular flexibility index (Phi) is 6.40. The number of aromatic nitrogens is 2. The largest absolute Gasteiger partial charge is 0.352 e. The molecule has 4 rings (SSSR count). The van der Waals surface area contributed by atoms with Crippen molar-refractivity contribution in [1.29, 1.82) is 0 Å². The van der Waals surface area contributed by atoms with Crippen molar-refractivity contribution < 1.29 is 14.0 Å². The molecule has 2 heterocycles. The normalized spacial score (nSPS) is 14.4. The van der Waals surface area contributed by atoms with E-state index in [1.54, 1.807) is 11.1 Å². The van der Waals surface area contributed by atoms with Crippen molar-refractivity contribution in [1.82, 2.24) is 20.0 Å². The van der Waals surface area contributed by atoms with E-state index in [9.17, 15) is 14.0 Å². The lowest BCUT2D eigenvalue weighted by molar-refractivity contribution is -0.126. The van der Waals surface area contributed by atoms with Crippen LogP contribution in [0.2, 0.25) is 0 Å². The molecule has 160 valence electrons. The third-order valence-corrected chi connectivity index (χ3v) is 5.64. The summed E-state index contributed by atoms with van der Waals surface area (Å²) < 4.78 is 14.9. The Morgan fingerprint density at radius 3 is 2.32 bits per heavy atom. The van der Waals surface area contributed by atoms with Crippen molar-refractivity contribution in [2.45, 2.75) is 25.9 Å². The van der Waals surface area contributed by atoms with Crippen molar-refractivity contribution in [3.63, 3.8) is 0 Å². The Bertz CT molecular complexity index is 1010. The molecule has 0 saturated carbocycles. The highest BCUT2D eigenvalue weighted by atomic mass is 19.1. The first-order chi connectivity index (χ1) is 15.1. The van der Waals surface area contributed by atoms with Gasteiger partial charge in [0, 0.05) is 43.5 Å². The van der Waals surface area contributed by atoms with Crippen molar-refractivity contribution >= 4 is 11.8 Å². The Morgan fingerprint density at radius 2 is 1.68 bits per heavy atom. The SMILES string of the molecule is O=C(NCc1ccc(Cn2cccn2)cc1)C1CCN(C(=O)c2ccc(F)cc2)CC1. The van der Waals surface area contributed by atoms with Crippen LogP contribution in [0.4, 0.5) is 4.39 Å². The summed E-state index contributed by atoms with van der Waals surface area (Å²) in [4.78, 5) is 26.8. The molecule has 0 aliphatic carbocycles. The molecular formula is C24H25FN4O2. The van der Waals surface area contributed by atoms with E-state index >= 15 is 0 Å². The van der Waals surface area contributed by atoms with Gasteiger partial charge in [0.1, 0.15) is 5.82 Å². The predicted octanol–water partition coefficient (Wildman–Crippen LogP) is 3.24. The first kappa shape index (κ1) is 20.8. The summed E-state index contributed by atoms with van der Waals surface area (Å²) in [5.41, 5.74) is 2.67. The molecule has 7 heteroatoms. The van der Waals surface area contributed by atoms with Crippen LogP contribution in [-0.4, -0.2) is 39.6 Å². The summed E-state index contributed by atoms with van der Waals surface area (Å²) in [5.74, 6) is -0.556. The molecule has 0 radical (unpaired) electrons. The van der Waals surface area contributed by atoms with Gasteiger partial charge in [-0.1, -0.05) is 24.3 Å². The zero-order chi connectivity index (χ0) is 21.6. The summed E-state index contributed by atoms with van der Waals surface area (Å²) in [6, 6.07) is 15.6. The third-order valence-electron chi connectivity index (χ3n) is 5.64.